The Morgan fingerprint density at radius 2 is 1.81 bits per heavy atom. The smallest absolute Gasteiger partial charge is 0.251 e. The number of amides is 2. The van der Waals surface area contributed by atoms with Crippen LogP contribution in [-0.4, -0.2) is 29.9 Å². The van der Waals surface area contributed by atoms with Gasteiger partial charge in [0.25, 0.3) is 5.91 Å². The number of anilines is 1. The van der Waals surface area contributed by atoms with Crippen molar-refractivity contribution in [3.8, 4) is 5.75 Å². The molecule has 1 heterocycles. The molecule has 136 valence electrons. The van der Waals surface area contributed by atoms with Crippen LogP contribution in [-0.2, 0) is 4.79 Å². The monoisotopic (exact) mass is 353 g/mol. The van der Waals surface area contributed by atoms with Gasteiger partial charge in [0.1, 0.15) is 5.75 Å². The number of pyridine rings is 1. The standard InChI is InChI=1S/C20H23N3O3/c1-26-18-10-6-15(7-11-18)19(24)22-16-8-4-14(5-9-16)20(25)23-17-3-2-12-21-13-17/h2-3,6-7,10-14,16H,4-5,8-9H2,1H3,(H,22,24)(H,23,25). The van der Waals surface area contributed by atoms with Crippen LogP contribution in [0.25, 0.3) is 0 Å². The van der Waals surface area contributed by atoms with Gasteiger partial charge in [-0.1, -0.05) is 0 Å². The predicted molar refractivity (Wildman–Crippen MR) is 99.1 cm³/mol. The molecule has 0 radical (unpaired) electrons. The molecular formula is C20H23N3O3. The summed E-state index contributed by atoms with van der Waals surface area (Å²) in [5.41, 5.74) is 1.33. The molecule has 1 aromatic heterocycles. The Morgan fingerprint density at radius 3 is 2.42 bits per heavy atom. The van der Waals surface area contributed by atoms with Gasteiger partial charge in [-0.05, 0) is 62.1 Å². The lowest BCUT2D eigenvalue weighted by Crippen LogP contribution is -2.39. The zero-order chi connectivity index (χ0) is 18.4. The van der Waals surface area contributed by atoms with Crippen LogP contribution in [0.4, 0.5) is 5.69 Å². The molecule has 1 aliphatic carbocycles. The van der Waals surface area contributed by atoms with E-state index in [0.717, 1.165) is 31.4 Å². The van der Waals surface area contributed by atoms with Crippen molar-refractivity contribution < 1.29 is 14.3 Å². The highest BCUT2D eigenvalue weighted by molar-refractivity contribution is 5.94. The maximum absolute atomic E-state index is 12.3. The van der Waals surface area contributed by atoms with E-state index in [-0.39, 0.29) is 23.8 Å². The fraction of sp³-hybridized carbons (Fsp3) is 0.350. The molecule has 2 amide bonds. The van der Waals surface area contributed by atoms with Crippen LogP contribution in [0.3, 0.4) is 0 Å². The van der Waals surface area contributed by atoms with Gasteiger partial charge in [0.05, 0.1) is 19.0 Å². The number of ether oxygens (including phenoxy) is 1. The van der Waals surface area contributed by atoms with Gasteiger partial charge in [-0.25, -0.2) is 0 Å². The summed E-state index contributed by atoms with van der Waals surface area (Å²) in [4.78, 5) is 28.7. The van der Waals surface area contributed by atoms with Crippen molar-refractivity contribution in [3.63, 3.8) is 0 Å². The molecule has 1 aromatic carbocycles. The third kappa shape index (κ3) is 4.59. The van der Waals surface area contributed by atoms with Gasteiger partial charge in [-0.2, -0.15) is 0 Å². The molecule has 1 saturated carbocycles. The predicted octanol–water partition coefficient (Wildman–Crippen LogP) is 3.02. The summed E-state index contributed by atoms with van der Waals surface area (Å²) in [6, 6.07) is 10.8. The van der Waals surface area contributed by atoms with Crippen LogP contribution in [0, 0.1) is 5.92 Å². The van der Waals surface area contributed by atoms with E-state index in [4.69, 9.17) is 4.74 Å². The molecule has 0 spiro atoms. The Labute approximate surface area is 153 Å². The summed E-state index contributed by atoms with van der Waals surface area (Å²) in [5, 5.41) is 5.96. The summed E-state index contributed by atoms with van der Waals surface area (Å²) < 4.78 is 5.10. The molecule has 0 bridgehead atoms. The molecule has 1 fully saturated rings. The number of hydrogen-bond acceptors (Lipinski definition) is 4. The van der Waals surface area contributed by atoms with Gasteiger partial charge in [0.15, 0.2) is 0 Å². The van der Waals surface area contributed by atoms with Crippen molar-refractivity contribution in [2.75, 3.05) is 12.4 Å². The second kappa shape index (κ2) is 8.47. The number of carbonyl (C=O) groups is 2. The highest BCUT2D eigenvalue weighted by Gasteiger charge is 2.27. The van der Waals surface area contributed by atoms with Crippen LogP contribution in [0.5, 0.6) is 5.75 Å². The Kier molecular flexibility index (Phi) is 5.84. The molecule has 0 saturated heterocycles. The molecule has 1 aliphatic rings. The van der Waals surface area contributed by atoms with E-state index in [1.165, 1.54) is 0 Å². The van der Waals surface area contributed by atoms with Gasteiger partial charge in [0.2, 0.25) is 5.91 Å². The van der Waals surface area contributed by atoms with Crippen molar-refractivity contribution in [1.82, 2.24) is 10.3 Å². The molecule has 2 aromatic rings. The Balaban J connectivity index is 1.47. The second-order valence-corrected chi connectivity index (χ2v) is 6.48. The maximum Gasteiger partial charge on any atom is 0.251 e. The summed E-state index contributed by atoms with van der Waals surface area (Å²) in [7, 11) is 1.60. The summed E-state index contributed by atoms with van der Waals surface area (Å²) in [5.74, 6) is 0.639. The van der Waals surface area contributed by atoms with Gasteiger partial charge in [0, 0.05) is 23.7 Å². The SMILES string of the molecule is COc1ccc(C(=O)NC2CCC(C(=O)Nc3cccnc3)CC2)cc1. The number of nitrogens with one attached hydrogen (secondary N) is 2. The van der Waals surface area contributed by atoms with E-state index in [2.05, 4.69) is 15.6 Å². The number of aromatic nitrogens is 1. The third-order valence-corrected chi connectivity index (χ3v) is 4.71. The van der Waals surface area contributed by atoms with E-state index < -0.39 is 0 Å². The van der Waals surface area contributed by atoms with E-state index in [1.807, 2.05) is 6.07 Å². The number of benzene rings is 1. The number of rotatable bonds is 5. The molecule has 6 heteroatoms. The Bertz CT molecular complexity index is 739. The number of methoxy groups -OCH3 is 1. The average Bonchev–Trinajstić information content (AvgIpc) is 2.69. The lowest BCUT2D eigenvalue weighted by Gasteiger charge is -2.28. The average molecular weight is 353 g/mol. The lowest BCUT2D eigenvalue weighted by molar-refractivity contribution is -0.120. The second-order valence-electron chi connectivity index (χ2n) is 6.48. The van der Waals surface area contributed by atoms with Crippen LogP contribution in [0.15, 0.2) is 48.8 Å². The van der Waals surface area contributed by atoms with Gasteiger partial charge in [-0.15, -0.1) is 0 Å². The normalized spacial score (nSPS) is 19.4. The fourth-order valence-corrected chi connectivity index (χ4v) is 3.19. The van der Waals surface area contributed by atoms with Crippen LogP contribution in [0.1, 0.15) is 36.0 Å². The number of nitrogens with zero attached hydrogens (tertiary/aromatic N) is 1. The first-order chi connectivity index (χ1) is 12.7. The zero-order valence-electron chi connectivity index (χ0n) is 14.8. The van der Waals surface area contributed by atoms with Crippen molar-refractivity contribution in [2.24, 2.45) is 5.92 Å². The fourth-order valence-electron chi connectivity index (χ4n) is 3.19. The van der Waals surface area contributed by atoms with Gasteiger partial charge in [-0.3, -0.25) is 14.6 Å². The molecular weight excluding hydrogens is 330 g/mol. The molecule has 26 heavy (non-hydrogen) atoms. The minimum Gasteiger partial charge on any atom is -0.497 e. The highest BCUT2D eigenvalue weighted by atomic mass is 16.5. The minimum absolute atomic E-state index is 0.0238. The molecule has 0 atom stereocenters. The molecule has 3 rings (SSSR count). The van der Waals surface area contributed by atoms with Crippen molar-refractivity contribution in [3.05, 3.63) is 54.4 Å². The zero-order valence-corrected chi connectivity index (χ0v) is 14.8. The van der Waals surface area contributed by atoms with E-state index in [0.29, 0.717) is 11.3 Å². The van der Waals surface area contributed by atoms with Crippen LogP contribution < -0.4 is 15.4 Å². The van der Waals surface area contributed by atoms with E-state index >= 15 is 0 Å². The third-order valence-electron chi connectivity index (χ3n) is 4.71. The van der Waals surface area contributed by atoms with Gasteiger partial charge >= 0.3 is 0 Å². The quantitative estimate of drug-likeness (QED) is 0.866. The largest absolute Gasteiger partial charge is 0.497 e. The van der Waals surface area contributed by atoms with Crippen LogP contribution >= 0.6 is 0 Å². The molecule has 6 nitrogen and oxygen atoms in total. The number of carbonyl (C=O) groups excluding carboxylic acids is 2. The van der Waals surface area contributed by atoms with Crippen molar-refractivity contribution in [1.29, 1.82) is 0 Å². The molecule has 2 N–H and O–H groups in total. The van der Waals surface area contributed by atoms with E-state index in [1.54, 1.807) is 49.8 Å². The highest BCUT2D eigenvalue weighted by Crippen LogP contribution is 2.26. The first-order valence-electron chi connectivity index (χ1n) is 8.81. The lowest BCUT2D eigenvalue weighted by atomic mass is 9.85. The first kappa shape index (κ1) is 17.9. The number of hydrogen-bond donors (Lipinski definition) is 2. The van der Waals surface area contributed by atoms with E-state index in [9.17, 15) is 9.59 Å². The Morgan fingerprint density at radius 1 is 1.08 bits per heavy atom. The minimum atomic E-state index is -0.0871. The topological polar surface area (TPSA) is 80.3 Å². The first-order valence-corrected chi connectivity index (χ1v) is 8.81. The maximum atomic E-state index is 12.3. The molecule has 0 unspecified atom stereocenters. The van der Waals surface area contributed by atoms with Crippen molar-refractivity contribution in [2.45, 2.75) is 31.7 Å². The summed E-state index contributed by atoms with van der Waals surface area (Å²) in [6.45, 7) is 0. The summed E-state index contributed by atoms with van der Waals surface area (Å²) >= 11 is 0. The molecule has 0 aliphatic heterocycles. The Hall–Kier alpha value is -2.89. The van der Waals surface area contributed by atoms with Gasteiger partial charge < -0.3 is 15.4 Å². The van der Waals surface area contributed by atoms with Crippen LogP contribution in [0.2, 0.25) is 0 Å². The van der Waals surface area contributed by atoms with Crippen molar-refractivity contribution >= 4 is 17.5 Å². The summed E-state index contributed by atoms with van der Waals surface area (Å²) in [6.07, 6.45) is 6.43.